The van der Waals surface area contributed by atoms with Crippen molar-refractivity contribution in [1.82, 2.24) is 0 Å². The largest absolute Gasteiger partial charge is 0.490 e. The first-order valence-electron chi connectivity index (χ1n) is 9.88. The Kier molecular flexibility index (Phi) is 5.12. The summed E-state index contributed by atoms with van der Waals surface area (Å²) in [5, 5.41) is 2.33. The number of fused-ring (bicyclic) bond motifs is 1. The average molecular weight is 355 g/mol. The molecular formula is C25H25NO. The van der Waals surface area contributed by atoms with E-state index in [-0.39, 0.29) is 0 Å². The molecule has 0 heterocycles. The Hall–Kier alpha value is -2.79. The molecule has 1 fully saturated rings. The van der Waals surface area contributed by atoms with Crippen molar-refractivity contribution in [3.63, 3.8) is 0 Å². The molecule has 1 atom stereocenters. The molecule has 1 unspecified atom stereocenters. The molecule has 3 aromatic carbocycles. The summed E-state index contributed by atoms with van der Waals surface area (Å²) in [4.78, 5) is 3.54. The van der Waals surface area contributed by atoms with E-state index in [2.05, 4.69) is 54.2 Å². The first-order valence-corrected chi connectivity index (χ1v) is 9.88. The quantitative estimate of drug-likeness (QED) is 0.447. The summed E-state index contributed by atoms with van der Waals surface area (Å²) in [6.45, 7) is 9.47. The van der Waals surface area contributed by atoms with Gasteiger partial charge in [-0.2, -0.15) is 0 Å². The lowest BCUT2D eigenvalue weighted by Crippen LogP contribution is -2.10. The predicted octanol–water partition coefficient (Wildman–Crippen LogP) is 7.06. The molecule has 0 amide bonds. The van der Waals surface area contributed by atoms with E-state index in [1.807, 2.05) is 18.2 Å². The Balaban J connectivity index is 1.45. The van der Waals surface area contributed by atoms with Crippen LogP contribution in [0.1, 0.15) is 49.7 Å². The van der Waals surface area contributed by atoms with Crippen LogP contribution in [0.5, 0.6) is 5.75 Å². The molecule has 2 heteroatoms. The summed E-state index contributed by atoms with van der Waals surface area (Å²) in [5.41, 5.74) is 3.35. The molecule has 2 nitrogen and oxygen atoms in total. The smallest absolute Gasteiger partial charge is 0.187 e. The number of hydrogen-bond acceptors (Lipinski definition) is 1. The third kappa shape index (κ3) is 4.14. The Labute approximate surface area is 161 Å². The molecular weight excluding hydrogens is 330 g/mol. The Bertz CT molecular complexity index is 962. The van der Waals surface area contributed by atoms with Gasteiger partial charge < -0.3 is 4.74 Å². The van der Waals surface area contributed by atoms with Crippen molar-refractivity contribution < 1.29 is 4.74 Å². The van der Waals surface area contributed by atoms with Crippen LogP contribution in [-0.4, -0.2) is 6.10 Å². The fraction of sp³-hybridized carbons (Fsp3) is 0.320. The second kappa shape index (κ2) is 7.84. The van der Waals surface area contributed by atoms with E-state index < -0.39 is 0 Å². The average Bonchev–Trinajstić information content (AvgIpc) is 3.21. The molecule has 0 bridgehead atoms. The zero-order valence-electron chi connectivity index (χ0n) is 15.8. The van der Waals surface area contributed by atoms with Gasteiger partial charge in [0.2, 0.25) is 0 Å². The molecule has 4 rings (SSSR count). The van der Waals surface area contributed by atoms with E-state index in [0.717, 1.165) is 17.6 Å². The highest BCUT2D eigenvalue weighted by atomic mass is 16.5. The molecule has 0 N–H and O–H groups in total. The SMILES string of the molecule is [C-]#[N+]c1ccc2ccc(CC(C)c3ccc(OC4CCCC4)cc3)cc2c1. The van der Waals surface area contributed by atoms with Gasteiger partial charge in [-0.1, -0.05) is 49.4 Å². The van der Waals surface area contributed by atoms with Crippen LogP contribution in [0.2, 0.25) is 0 Å². The minimum Gasteiger partial charge on any atom is -0.490 e. The molecule has 0 radical (unpaired) electrons. The van der Waals surface area contributed by atoms with Gasteiger partial charge in [-0.3, -0.25) is 0 Å². The first-order chi connectivity index (χ1) is 13.2. The predicted molar refractivity (Wildman–Crippen MR) is 112 cm³/mol. The van der Waals surface area contributed by atoms with Crippen LogP contribution in [0.15, 0.2) is 60.7 Å². The van der Waals surface area contributed by atoms with Gasteiger partial charge in [-0.05, 0) is 78.1 Å². The molecule has 3 aromatic rings. The highest BCUT2D eigenvalue weighted by Gasteiger charge is 2.16. The fourth-order valence-electron chi connectivity index (χ4n) is 4.03. The topological polar surface area (TPSA) is 13.6 Å². The van der Waals surface area contributed by atoms with E-state index in [4.69, 9.17) is 11.3 Å². The van der Waals surface area contributed by atoms with Crippen LogP contribution >= 0.6 is 0 Å². The number of benzene rings is 3. The van der Waals surface area contributed by atoms with Crippen LogP contribution in [0.4, 0.5) is 5.69 Å². The van der Waals surface area contributed by atoms with Crippen molar-refractivity contribution in [2.45, 2.75) is 51.0 Å². The molecule has 0 aliphatic heterocycles. The number of nitrogens with zero attached hydrogens (tertiary/aromatic N) is 1. The van der Waals surface area contributed by atoms with Crippen molar-refractivity contribution in [3.8, 4) is 5.75 Å². The highest BCUT2D eigenvalue weighted by Crippen LogP contribution is 2.28. The fourth-order valence-corrected chi connectivity index (χ4v) is 4.03. The minimum absolute atomic E-state index is 0.409. The number of rotatable bonds is 5. The van der Waals surface area contributed by atoms with Gasteiger partial charge in [0.1, 0.15) is 5.75 Å². The lowest BCUT2D eigenvalue weighted by Gasteiger charge is -2.16. The van der Waals surface area contributed by atoms with Crippen molar-refractivity contribution in [2.75, 3.05) is 0 Å². The van der Waals surface area contributed by atoms with Crippen LogP contribution in [0.3, 0.4) is 0 Å². The van der Waals surface area contributed by atoms with Crippen LogP contribution in [-0.2, 0) is 6.42 Å². The second-order valence-electron chi connectivity index (χ2n) is 7.68. The van der Waals surface area contributed by atoms with Gasteiger partial charge in [0.05, 0.1) is 12.7 Å². The molecule has 1 aliphatic rings. The van der Waals surface area contributed by atoms with Gasteiger partial charge >= 0.3 is 0 Å². The third-order valence-corrected chi connectivity index (χ3v) is 5.61. The second-order valence-corrected chi connectivity index (χ2v) is 7.68. The zero-order valence-corrected chi connectivity index (χ0v) is 15.8. The molecule has 1 aliphatic carbocycles. The van der Waals surface area contributed by atoms with Crippen molar-refractivity contribution >= 4 is 16.5 Å². The van der Waals surface area contributed by atoms with E-state index in [9.17, 15) is 0 Å². The summed E-state index contributed by atoms with van der Waals surface area (Å²) in [5.74, 6) is 1.43. The Morgan fingerprint density at radius 2 is 1.70 bits per heavy atom. The van der Waals surface area contributed by atoms with Crippen molar-refractivity contribution in [3.05, 3.63) is 83.2 Å². The summed E-state index contributed by atoms with van der Waals surface area (Å²) >= 11 is 0. The number of ether oxygens (including phenoxy) is 1. The van der Waals surface area contributed by atoms with Crippen LogP contribution in [0.25, 0.3) is 15.6 Å². The minimum atomic E-state index is 0.409. The van der Waals surface area contributed by atoms with Crippen molar-refractivity contribution in [1.29, 1.82) is 0 Å². The monoisotopic (exact) mass is 355 g/mol. The van der Waals surface area contributed by atoms with E-state index in [0.29, 0.717) is 17.7 Å². The van der Waals surface area contributed by atoms with Gasteiger partial charge in [0, 0.05) is 0 Å². The molecule has 27 heavy (non-hydrogen) atoms. The summed E-state index contributed by atoms with van der Waals surface area (Å²) < 4.78 is 6.07. The summed E-state index contributed by atoms with van der Waals surface area (Å²) in [6, 6.07) is 21.1. The van der Waals surface area contributed by atoms with Crippen LogP contribution < -0.4 is 4.74 Å². The highest BCUT2D eigenvalue weighted by molar-refractivity contribution is 5.86. The third-order valence-electron chi connectivity index (χ3n) is 5.61. The van der Waals surface area contributed by atoms with E-state index >= 15 is 0 Å². The maximum Gasteiger partial charge on any atom is 0.187 e. The molecule has 0 saturated heterocycles. The van der Waals surface area contributed by atoms with Gasteiger partial charge in [-0.25, -0.2) is 4.85 Å². The van der Waals surface area contributed by atoms with Crippen molar-refractivity contribution in [2.24, 2.45) is 0 Å². The standard InChI is InChI=1S/C25H25NO/c1-18(20-10-13-25(14-11-20)27-24-5-3-4-6-24)15-19-7-8-21-9-12-23(26-2)17-22(21)16-19/h7-14,16-18,24H,3-6,15H2,1H3. The van der Waals surface area contributed by atoms with Crippen LogP contribution in [0, 0.1) is 6.57 Å². The Morgan fingerprint density at radius 3 is 2.44 bits per heavy atom. The van der Waals surface area contributed by atoms with Gasteiger partial charge in [0.25, 0.3) is 0 Å². The Morgan fingerprint density at radius 1 is 0.963 bits per heavy atom. The molecule has 0 spiro atoms. The van der Waals surface area contributed by atoms with Gasteiger partial charge in [-0.15, -0.1) is 0 Å². The summed E-state index contributed by atoms with van der Waals surface area (Å²) in [7, 11) is 0. The number of hydrogen-bond donors (Lipinski definition) is 0. The maximum absolute atomic E-state index is 7.20. The normalized spacial score (nSPS) is 15.6. The first kappa shape index (κ1) is 17.6. The summed E-state index contributed by atoms with van der Waals surface area (Å²) in [6.07, 6.45) is 6.36. The molecule has 136 valence electrons. The van der Waals surface area contributed by atoms with E-state index in [1.54, 1.807) is 0 Å². The lowest BCUT2D eigenvalue weighted by molar-refractivity contribution is 0.210. The molecule has 0 aromatic heterocycles. The molecule has 1 saturated carbocycles. The van der Waals surface area contributed by atoms with E-state index in [1.165, 1.54) is 42.2 Å². The zero-order chi connectivity index (χ0) is 18.6. The lowest BCUT2D eigenvalue weighted by atomic mass is 9.92. The maximum atomic E-state index is 7.20. The van der Waals surface area contributed by atoms with Gasteiger partial charge in [0.15, 0.2) is 5.69 Å².